The highest BCUT2D eigenvalue weighted by atomic mass is 16.5. The lowest BCUT2D eigenvalue weighted by molar-refractivity contribution is -0.116. The fraction of sp³-hybridized carbons (Fsp3) is 0.400. The van der Waals surface area contributed by atoms with Crippen molar-refractivity contribution in [3.63, 3.8) is 0 Å². The SMILES string of the molecule is COCCOc1ccc(NC(=O)CCc2c(C)nc3cc(C)nn3c2C)cn1. The minimum Gasteiger partial charge on any atom is -0.475 e. The number of rotatable bonds is 8. The number of aryl methyl sites for hydroxylation is 3. The number of nitrogens with zero attached hydrogens (tertiary/aromatic N) is 4. The minimum atomic E-state index is -0.0783. The van der Waals surface area contributed by atoms with Gasteiger partial charge >= 0.3 is 0 Å². The first-order valence-corrected chi connectivity index (χ1v) is 9.18. The summed E-state index contributed by atoms with van der Waals surface area (Å²) in [5.41, 5.74) is 5.38. The molecule has 3 aromatic heterocycles. The molecule has 148 valence electrons. The fourth-order valence-electron chi connectivity index (χ4n) is 3.03. The largest absolute Gasteiger partial charge is 0.475 e. The zero-order valence-electron chi connectivity index (χ0n) is 16.7. The maximum atomic E-state index is 12.3. The number of hydrogen-bond donors (Lipinski definition) is 1. The number of carbonyl (C=O) groups excluding carboxylic acids is 1. The van der Waals surface area contributed by atoms with E-state index in [2.05, 4.69) is 20.4 Å². The second-order valence-electron chi connectivity index (χ2n) is 6.59. The lowest BCUT2D eigenvalue weighted by atomic mass is 10.1. The zero-order valence-corrected chi connectivity index (χ0v) is 16.7. The summed E-state index contributed by atoms with van der Waals surface area (Å²) in [5.74, 6) is 0.417. The molecule has 28 heavy (non-hydrogen) atoms. The molecule has 0 saturated carbocycles. The van der Waals surface area contributed by atoms with Crippen molar-refractivity contribution in [2.75, 3.05) is 25.6 Å². The normalized spacial score (nSPS) is 11.0. The molecule has 0 fully saturated rings. The third-order valence-corrected chi connectivity index (χ3v) is 4.45. The van der Waals surface area contributed by atoms with Crippen LogP contribution >= 0.6 is 0 Å². The molecule has 0 aromatic carbocycles. The number of hydrogen-bond acceptors (Lipinski definition) is 6. The molecule has 1 amide bonds. The molecule has 0 spiro atoms. The van der Waals surface area contributed by atoms with Crippen LogP contribution in [-0.2, 0) is 16.0 Å². The predicted octanol–water partition coefficient (Wildman–Crippen LogP) is 2.65. The van der Waals surface area contributed by atoms with Gasteiger partial charge in [0, 0.05) is 37.1 Å². The molecular weight excluding hydrogens is 358 g/mol. The first-order chi connectivity index (χ1) is 13.5. The summed E-state index contributed by atoms with van der Waals surface area (Å²) >= 11 is 0. The van der Waals surface area contributed by atoms with Crippen molar-refractivity contribution in [3.05, 3.63) is 47.0 Å². The summed E-state index contributed by atoms with van der Waals surface area (Å²) in [6, 6.07) is 5.44. The third kappa shape index (κ3) is 4.64. The highest BCUT2D eigenvalue weighted by Crippen LogP contribution is 2.18. The molecule has 3 rings (SSSR count). The Hall–Kier alpha value is -3.00. The van der Waals surface area contributed by atoms with Crippen LogP contribution in [0.25, 0.3) is 5.65 Å². The molecule has 0 unspecified atom stereocenters. The molecule has 0 radical (unpaired) electrons. The molecule has 0 saturated heterocycles. The molecule has 0 atom stereocenters. The lowest BCUT2D eigenvalue weighted by Crippen LogP contribution is -2.14. The second kappa shape index (κ2) is 8.79. The molecule has 0 bridgehead atoms. The van der Waals surface area contributed by atoms with Crippen LogP contribution in [0.4, 0.5) is 5.69 Å². The van der Waals surface area contributed by atoms with Crippen LogP contribution in [0, 0.1) is 20.8 Å². The van der Waals surface area contributed by atoms with E-state index in [4.69, 9.17) is 9.47 Å². The van der Waals surface area contributed by atoms with E-state index < -0.39 is 0 Å². The van der Waals surface area contributed by atoms with Gasteiger partial charge in [-0.15, -0.1) is 0 Å². The Morgan fingerprint density at radius 2 is 2.04 bits per heavy atom. The average molecular weight is 383 g/mol. The molecular formula is C20H25N5O3. The molecule has 8 heteroatoms. The average Bonchev–Trinajstić information content (AvgIpc) is 3.03. The Kier molecular flexibility index (Phi) is 6.20. The number of aromatic nitrogens is 4. The van der Waals surface area contributed by atoms with Gasteiger partial charge in [0.2, 0.25) is 11.8 Å². The summed E-state index contributed by atoms with van der Waals surface area (Å²) in [4.78, 5) is 21.1. The number of amides is 1. The first-order valence-electron chi connectivity index (χ1n) is 9.18. The lowest BCUT2D eigenvalue weighted by Gasteiger charge is -2.11. The van der Waals surface area contributed by atoms with Crippen molar-refractivity contribution in [2.24, 2.45) is 0 Å². The van der Waals surface area contributed by atoms with E-state index in [9.17, 15) is 4.79 Å². The molecule has 0 aliphatic rings. The monoisotopic (exact) mass is 383 g/mol. The van der Waals surface area contributed by atoms with Gasteiger partial charge in [-0.3, -0.25) is 4.79 Å². The van der Waals surface area contributed by atoms with Gasteiger partial charge in [-0.05, 0) is 38.8 Å². The maximum Gasteiger partial charge on any atom is 0.224 e. The third-order valence-electron chi connectivity index (χ3n) is 4.45. The van der Waals surface area contributed by atoms with Crippen molar-refractivity contribution in [2.45, 2.75) is 33.6 Å². The Balaban J connectivity index is 1.59. The van der Waals surface area contributed by atoms with Crippen LogP contribution < -0.4 is 10.1 Å². The van der Waals surface area contributed by atoms with Crippen LogP contribution in [0.1, 0.15) is 29.1 Å². The standard InChI is InChI=1S/C20H25N5O3/c1-13-11-18-22-14(2)17(15(3)25(18)24-13)6-7-19(26)23-16-5-8-20(21-12-16)28-10-9-27-4/h5,8,11-12H,6-7,9-10H2,1-4H3,(H,23,26). The van der Waals surface area contributed by atoms with E-state index in [1.54, 1.807) is 25.4 Å². The van der Waals surface area contributed by atoms with Crippen molar-refractivity contribution in [1.29, 1.82) is 0 Å². The van der Waals surface area contributed by atoms with E-state index in [-0.39, 0.29) is 5.91 Å². The van der Waals surface area contributed by atoms with E-state index >= 15 is 0 Å². The number of carbonyl (C=O) groups is 1. The summed E-state index contributed by atoms with van der Waals surface area (Å²) in [6.07, 6.45) is 2.52. The molecule has 8 nitrogen and oxygen atoms in total. The maximum absolute atomic E-state index is 12.3. The zero-order chi connectivity index (χ0) is 20.1. The summed E-state index contributed by atoms with van der Waals surface area (Å²) < 4.78 is 12.2. The fourth-order valence-corrected chi connectivity index (χ4v) is 3.03. The van der Waals surface area contributed by atoms with Gasteiger partial charge in [-0.25, -0.2) is 14.5 Å². The number of methoxy groups -OCH3 is 1. The number of anilines is 1. The van der Waals surface area contributed by atoms with Crippen molar-refractivity contribution < 1.29 is 14.3 Å². The van der Waals surface area contributed by atoms with Gasteiger partial charge in [0.1, 0.15) is 6.61 Å². The predicted molar refractivity (Wildman–Crippen MR) is 106 cm³/mol. The highest BCUT2D eigenvalue weighted by Gasteiger charge is 2.13. The molecule has 0 aliphatic heterocycles. The first kappa shape index (κ1) is 19.8. The Morgan fingerprint density at radius 3 is 2.75 bits per heavy atom. The summed E-state index contributed by atoms with van der Waals surface area (Å²) in [7, 11) is 1.61. The van der Waals surface area contributed by atoms with Crippen LogP contribution in [0.5, 0.6) is 5.88 Å². The molecule has 1 N–H and O–H groups in total. The van der Waals surface area contributed by atoms with Gasteiger partial charge in [-0.1, -0.05) is 0 Å². The Morgan fingerprint density at radius 1 is 1.21 bits per heavy atom. The van der Waals surface area contributed by atoms with Gasteiger partial charge in [-0.2, -0.15) is 5.10 Å². The van der Waals surface area contributed by atoms with Crippen LogP contribution in [0.3, 0.4) is 0 Å². The van der Waals surface area contributed by atoms with Gasteiger partial charge in [0.15, 0.2) is 5.65 Å². The van der Waals surface area contributed by atoms with Gasteiger partial charge in [0.25, 0.3) is 0 Å². The molecule has 3 aromatic rings. The van der Waals surface area contributed by atoms with Crippen LogP contribution in [0.2, 0.25) is 0 Å². The van der Waals surface area contributed by atoms with E-state index in [1.165, 1.54) is 0 Å². The molecule has 0 aliphatic carbocycles. The van der Waals surface area contributed by atoms with E-state index in [0.29, 0.717) is 37.6 Å². The topological polar surface area (TPSA) is 90.6 Å². The van der Waals surface area contributed by atoms with Gasteiger partial charge in [0.05, 0.1) is 24.2 Å². The summed E-state index contributed by atoms with van der Waals surface area (Å²) in [6.45, 7) is 6.85. The number of nitrogens with one attached hydrogen (secondary N) is 1. The summed E-state index contributed by atoms with van der Waals surface area (Å²) in [5, 5.41) is 7.33. The van der Waals surface area contributed by atoms with E-state index in [1.807, 2.05) is 31.4 Å². The quantitative estimate of drug-likeness (QED) is 0.602. The smallest absolute Gasteiger partial charge is 0.224 e. The van der Waals surface area contributed by atoms with Crippen LogP contribution in [-0.4, -0.2) is 45.8 Å². The van der Waals surface area contributed by atoms with E-state index in [0.717, 1.165) is 28.3 Å². The number of fused-ring (bicyclic) bond motifs is 1. The minimum absolute atomic E-state index is 0.0783. The second-order valence-corrected chi connectivity index (χ2v) is 6.59. The Bertz CT molecular complexity index is 966. The van der Waals surface area contributed by atoms with Crippen molar-refractivity contribution in [3.8, 4) is 5.88 Å². The number of pyridine rings is 1. The number of ether oxygens (including phenoxy) is 2. The van der Waals surface area contributed by atoms with Crippen molar-refractivity contribution >= 4 is 17.2 Å². The molecule has 3 heterocycles. The van der Waals surface area contributed by atoms with Gasteiger partial charge < -0.3 is 14.8 Å². The van der Waals surface area contributed by atoms with Crippen molar-refractivity contribution in [1.82, 2.24) is 19.6 Å². The highest BCUT2D eigenvalue weighted by molar-refractivity contribution is 5.90. The van der Waals surface area contributed by atoms with Crippen LogP contribution in [0.15, 0.2) is 24.4 Å². The Labute approximate surface area is 163 Å².